The average Bonchev–Trinajstić information content (AvgIpc) is 2.83. The van der Waals surface area contributed by atoms with Gasteiger partial charge in [-0.1, -0.05) is 74.0 Å². The molecule has 3 aromatic carbocycles. The van der Waals surface area contributed by atoms with Gasteiger partial charge < -0.3 is 4.74 Å². The van der Waals surface area contributed by atoms with E-state index in [1.807, 2.05) is 6.08 Å². The predicted molar refractivity (Wildman–Crippen MR) is 132 cm³/mol. The third kappa shape index (κ3) is 5.47. The molecule has 4 rings (SSSR count). The lowest BCUT2D eigenvalue weighted by atomic mass is 9.79. The summed E-state index contributed by atoms with van der Waals surface area (Å²) in [5.74, 6) is 1.60. The largest absolute Gasteiger partial charge is 0.494 e. The molecule has 3 aromatic rings. The minimum Gasteiger partial charge on any atom is -0.494 e. The van der Waals surface area contributed by atoms with Crippen LogP contribution in [0.15, 0.2) is 79.4 Å². The second-order valence-corrected chi connectivity index (χ2v) is 8.72. The number of fused-ring (bicyclic) bond motifs is 1. The number of ether oxygens (including phenoxy) is 1. The van der Waals surface area contributed by atoms with E-state index < -0.39 is 0 Å². The monoisotopic (exact) mass is 410 g/mol. The van der Waals surface area contributed by atoms with Crippen LogP contribution in [0.5, 0.6) is 5.75 Å². The van der Waals surface area contributed by atoms with Gasteiger partial charge in [0.1, 0.15) is 5.75 Å². The zero-order valence-corrected chi connectivity index (χ0v) is 18.8. The first-order valence-electron chi connectivity index (χ1n) is 11.8. The molecule has 0 heterocycles. The summed E-state index contributed by atoms with van der Waals surface area (Å²) in [6, 6.07) is 24.9. The highest BCUT2D eigenvalue weighted by molar-refractivity contribution is 5.66. The molecule has 0 aliphatic heterocycles. The average molecular weight is 411 g/mol. The minimum atomic E-state index is 0.631. The first-order valence-corrected chi connectivity index (χ1v) is 11.8. The number of hydrogen-bond donors (Lipinski definition) is 0. The summed E-state index contributed by atoms with van der Waals surface area (Å²) in [7, 11) is 0. The summed E-state index contributed by atoms with van der Waals surface area (Å²) < 4.78 is 5.80. The van der Waals surface area contributed by atoms with Crippen molar-refractivity contribution in [3.8, 4) is 16.9 Å². The second-order valence-electron chi connectivity index (χ2n) is 8.72. The van der Waals surface area contributed by atoms with Gasteiger partial charge in [-0.15, -0.1) is 6.58 Å². The number of rotatable bonds is 9. The van der Waals surface area contributed by atoms with Crippen LogP contribution in [0.25, 0.3) is 11.1 Å². The van der Waals surface area contributed by atoms with Crippen molar-refractivity contribution in [1.82, 2.24) is 0 Å². The molecule has 0 bridgehead atoms. The van der Waals surface area contributed by atoms with Crippen LogP contribution in [-0.4, -0.2) is 6.61 Å². The van der Waals surface area contributed by atoms with Crippen LogP contribution in [0.3, 0.4) is 0 Å². The van der Waals surface area contributed by atoms with Crippen LogP contribution in [0, 0.1) is 0 Å². The van der Waals surface area contributed by atoms with Crippen molar-refractivity contribution in [3.05, 3.63) is 102 Å². The van der Waals surface area contributed by atoms with Crippen molar-refractivity contribution in [2.75, 3.05) is 6.61 Å². The highest BCUT2D eigenvalue weighted by Crippen LogP contribution is 2.35. The van der Waals surface area contributed by atoms with Crippen LogP contribution >= 0.6 is 0 Å². The molecule has 1 aliphatic carbocycles. The Kier molecular flexibility index (Phi) is 7.25. The molecule has 0 amide bonds. The molecule has 1 unspecified atom stereocenters. The van der Waals surface area contributed by atoms with Crippen molar-refractivity contribution >= 4 is 0 Å². The molecule has 1 heteroatoms. The maximum Gasteiger partial charge on any atom is 0.119 e. The third-order valence-corrected chi connectivity index (χ3v) is 6.48. The lowest BCUT2D eigenvalue weighted by Gasteiger charge is -2.26. The molecule has 0 saturated carbocycles. The second kappa shape index (κ2) is 10.5. The Hall–Kier alpha value is -2.80. The van der Waals surface area contributed by atoms with Gasteiger partial charge in [-0.05, 0) is 90.0 Å². The Bertz CT molecular complexity index is 982. The predicted octanol–water partition coefficient (Wildman–Crippen LogP) is 7.92. The molecule has 0 aromatic heterocycles. The number of unbranched alkanes of at least 4 members (excludes halogenated alkanes) is 1. The minimum absolute atomic E-state index is 0.631. The fourth-order valence-electron chi connectivity index (χ4n) is 4.52. The molecule has 1 aliphatic rings. The summed E-state index contributed by atoms with van der Waals surface area (Å²) >= 11 is 0. The highest BCUT2D eigenvalue weighted by Gasteiger charge is 2.20. The van der Waals surface area contributed by atoms with Crippen LogP contribution in [0.1, 0.15) is 60.8 Å². The first-order chi connectivity index (χ1) is 15.3. The van der Waals surface area contributed by atoms with Crippen molar-refractivity contribution in [3.63, 3.8) is 0 Å². The number of allylic oxidation sites excluding steroid dienone is 1. The Morgan fingerprint density at radius 3 is 2.45 bits per heavy atom. The van der Waals surface area contributed by atoms with E-state index in [1.165, 1.54) is 39.8 Å². The maximum atomic E-state index is 5.80. The van der Waals surface area contributed by atoms with E-state index in [0.29, 0.717) is 5.92 Å². The lowest BCUT2D eigenvalue weighted by Crippen LogP contribution is -2.13. The van der Waals surface area contributed by atoms with Gasteiger partial charge in [0.15, 0.2) is 0 Å². The van der Waals surface area contributed by atoms with Crippen molar-refractivity contribution in [2.45, 2.75) is 57.8 Å². The molecule has 0 spiro atoms. The maximum absolute atomic E-state index is 5.80. The zero-order valence-electron chi connectivity index (χ0n) is 18.8. The molecule has 0 fully saturated rings. The summed E-state index contributed by atoms with van der Waals surface area (Å²) in [5, 5.41) is 0. The number of aryl methyl sites for hydroxylation is 2. The summed E-state index contributed by atoms with van der Waals surface area (Å²) in [4.78, 5) is 0. The Balaban J connectivity index is 1.42. The van der Waals surface area contributed by atoms with Crippen LogP contribution < -0.4 is 4.74 Å². The fraction of sp³-hybridized carbons (Fsp3) is 0.333. The van der Waals surface area contributed by atoms with Crippen LogP contribution in [0.4, 0.5) is 0 Å². The SMILES string of the molecule is C=CCCc1ccc(C2CCc3cc(-c4ccc(OCCCC)cc4)ccc3C2)cc1. The Morgan fingerprint density at radius 2 is 1.71 bits per heavy atom. The van der Waals surface area contributed by atoms with E-state index in [9.17, 15) is 0 Å². The van der Waals surface area contributed by atoms with E-state index in [-0.39, 0.29) is 0 Å². The van der Waals surface area contributed by atoms with Gasteiger partial charge >= 0.3 is 0 Å². The lowest BCUT2D eigenvalue weighted by molar-refractivity contribution is 0.309. The van der Waals surface area contributed by atoms with Gasteiger partial charge in [-0.2, -0.15) is 0 Å². The molecule has 0 saturated heterocycles. The number of hydrogen-bond acceptors (Lipinski definition) is 1. The van der Waals surface area contributed by atoms with Gasteiger partial charge in [0.25, 0.3) is 0 Å². The van der Waals surface area contributed by atoms with Gasteiger partial charge in [0, 0.05) is 0 Å². The molecule has 31 heavy (non-hydrogen) atoms. The molecule has 0 radical (unpaired) electrons. The molecule has 0 N–H and O–H groups in total. The molecular formula is C30H34O. The van der Waals surface area contributed by atoms with Crippen molar-refractivity contribution in [2.24, 2.45) is 0 Å². The van der Waals surface area contributed by atoms with E-state index in [4.69, 9.17) is 4.74 Å². The van der Waals surface area contributed by atoms with E-state index in [1.54, 1.807) is 0 Å². The van der Waals surface area contributed by atoms with Crippen LogP contribution in [0.2, 0.25) is 0 Å². The zero-order chi connectivity index (χ0) is 21.5. The topological polar surface area (TPSA) is 9.23 Å². The highest BCUT2D eigenvalue weighted by atomic mass is 16.5. The van der Waals surface area contributed by atoms with Gasteiger partial charge in [-0.3, -0.25) is 0 Å². The van der Waals surface area contributed by atoms with Crippen molar-refractivity contribution in [1.29, 1.82) is 0 Å². The summed E-state index contributed by atoms with van der Waals surface area (Å²) in [6.45, 7) is 6.81. The van der Waals surface area contributed by atoms with E-state index >= 15 is 0 Å². The molecule has 1 nitrogen and oxygen atoms in total. The standard InChI is InChI=1S/C30H34O/c1-3-5-7-23-8-10-24(11-9-23)26-12-14-29-22-27(13-15-28(29)21-26)25-16-18-30(19-17-25)31-20-6-4-2/h3,8-11,13,15-19,22,26H,1,4-7,12,14,20-21H2,2H3. The van der Waals surface area contributed by atoms with Gasteiger partial charge in [0.05, 0.1) is 6.61 Å². The fourth-order valence-corrected chi connectivity index (χ4v) is 4.52. The van der Waals surface area contributed by atoms with E-state index in [0.717, 1.165) is 50.9 Å². The molecule has 1 atom stereocenters. The van der Waals surface area contributed by atoms with Gasteiger partial charge in [0.2, 0.25) is 0 Å². The Morgan fingerprint density at radius 1 is 0.935 bits per heavy atom. The van der Waals surface area contributed by atoms with E-state index in [2.05, 4.69) is 80.2 Å². The smallest absolute Gasteiger partial charge is 0.119 e. The number of benzene rings is 3. The van der Waals surface area contributed by atoms with Gasteiger partial charge in [-0.25, -0.2) is 0 Å². The molecular weight excluding hydrogens is 376 g/mol. The quantitative estimate of drug-likeness (QED) is 0.257. The summed E-state index contributed by atoms with van der Waals surface area (Å²) in [6.07, 6.45) is 9.93. The summed E-state index contributed by atoms with van der Waals surface area (Å²) in [5.41, 5.74) is 8.49. The van der Waals surface area contributed by atoms with Crippen LogP contribution in [-0.2, 0) is 19.3 Å². The van der Waals surface area contributed by atoms with Crippen molar-refractivity contribution < 1.29 is 4.74 Å². The Labute approximate surface area is 187 Å². The normalized spacial score (nSPS) is 15.3. The first kappa shape index (κ1) is 21.4. The third-order valence-electron chi connectivity index (χ3n) is 6.48. The molecule has 160 valence electrons.